The number of amides is 1. The van der Waals surface area contributed by atoms with Gasteiger partial charge in [0, 0.05) is 31.6 Å². The van der Waals surface area contributed by atoms with Crippen molar-refractivity contribution in [2.24, 2.45) is 5.92 Å². The van der Waals surface area contributed by atoms with Gasteiger partial charge >= 0.3 is 5.97 Å². The molecule has 0 spiro atoms. The largest absolute Gasteiger partial charge is 0.493 e. The van der Waals surface area contributed by atoms with Crippen LogP contribution in [-0.4, -0.2) is 52.5 Å². The fourth-order valence-corrected chi connectivity index (χ4v) is 3.87. The van der Waals surface area contributed by atoms with Gasteiger partial charge in [-0.15, -0.1) is 0 Å². The summed E-state index contributed by atoms with van der Waals surface area (Å²) in [7, 11) is 1.55. The van der Waals surface area contributed by atoms with Gasteiger partial charge in [-0.1, -0.05) is 32.0 Å². The molecule has 0 saturated heterocycles. The fraction of sp³-hybridized carbons (Fsp3) is 0.571. The molecule has 0 aliphatic carbocycles. The molecule has 1 N–H and O–H groups in total. The van der Waals surface area contributed by atoms with Crippen LogP contribution in [0.15, 0.2) is 12.1 Å². The Hall–Kier alpha value is -2.22. The first-order valence-electron chi connectivity index (χ1n) is 9.77. The van der Waals surface area contributed by atoms with E-state index in [4.69, 9.17) is 9.47 Å². The minimum atomic E-state index is -1.04. The maximum absolute atomic E-state index is 12.9. The number of fused-ring (bicyclic) bond motifs is 1. The van der Waals surface area contributed by atoms with Gasteiger partial charge in [-0.3, -0.25) is 9.59 Å². The molecule has 160 valence electrons. The van der Waals surface area contributed by atoms with Crippen LogP contribution in [0.2, 0.25) is 0 Å². The fourth-order valence-electron chi connectivity index (χ4n) is 3.24. The highest BCUT2D eigenvalue weighted by molar-refractivity contribution is 8.13. The molecule has 2 unspecified atom stereocenters. The van der Waals surface area contributed by atoms with E-state index in [9.17, 15) is 19.5 Å². The molecule has 0 saturated carbocycles. The average molecular weight is 424 g/mol. The third kappa shape index (κ3) is 5.88. The Morgan fingerprint density at radius 1 is 1.28 bits per heavy atom. The van der Waals surface area contributed by atoms with E-state index in [1.807, 2.05) is 12.1 Å². The van der Waals surface area contributed by atoms with Crippen LogP contribution in [0.25, 0.3) is 0 Å². The molecule has 0 aromatic heterocycles. The standard InChI is InChI=1S/C21H29NO6S/c1-5-6-7-28-19-10-16-11-22(20(24)13(2)12-29-14(3)23)17(21(25)26)8-15(16)9-18(19)27-4/h9-10,13,17H,5-8,11-12H2,1-4H3,(H,25,26). The lowest BCUT2D eigenvalue weighted by Gasteiger charge is -2.36. The summed E-state index contributed by atoms with van der Waals surface area (Å²) in [5.74, 6) is -0.265. The van der Waals surface area contributed by atoms with Crippen LogP contribution in [0.3, 0.4) is 0 Å². The number of nitrogens with zero attached hydrogens (tertiary/aromatic N) is 1. The Balaban J connectivity index is 2.29. The summed E-state index contributed by atoms with van der Waals surface area (Å²) >= 11 is 1.08. The van der Waals surface area contributed by atoms with Crippen LogP contribution in [0, 0.1) is 5.92 Å². The predicted octanol–water partition coefficient (Wildman–Crippen LogP) is 3.13. The second-order valence-electron chi connectivity index (χ2n) is 7.20. The monoisotopic (exact) mass is 423 g/mol. The van der Waals surface area contributed by atoms with Crippen molar-refractivity contribution in [2.75, 3.05) is 19.5 Å². The number of benzene rings is 1. The topological polar surface area (TPSA) is 93.1 Å². The molecule has 8 heteroatoms. The lowest BCUT2D eigenvalue weighted by molar-refractivity contribution is -0.152. The van der Waals surface area contributed by atoms with E-state index in [1.165, 1.54) is 11.8 Å². The third-order valence-corrected chi connectivity index (χ3v) is 5.97. The van der Waals surface area contributed by atoms with Gasteiger partial charge in [0.1, 0.15) is 6.04 Å². The van der Waals surface area contributed by atoms with Gasteiger partial charge in [-0.25, -0.2) is 4.79 Å². The van der Waals surface area contributed by atoms with Crippen molar-refractivity contribution < 1.29 is 29.0 Å². The molecule has 29 heavy (non-hydrogen) atoms. The number of aliphatic carboxylic acids is 1. The number of thioether (sulfide) groups is 1. The third-order valence-electron chi connectivity index (χ3n) is 4.90. The van der Waals surface area contributed by atoms with Crippen LogP contribution >= 0.6 is 11.8 Å². The number of unbranched alkanes of at least 4 members (excludes halogenated alkanes) is 1. The van der Waals surface area contributed by atoms with Crippen molar-refractivity contribution in [2.45, 2.75) is 52.6 Å². The molecule has 2 atom stereocenters. The molecule has 0 fully saturated rings. The van der Waals surface area contributed by atoms with E-state index in [1.54, 1.807) is 14.0 Å². The highest BCUT2D eigenvalue weighted by Gasteiger charge is 2.37. The van der Waals surface area contributed by atoms with Crippen molar-refractivity contribution in [3.8, 4) is 11.5 Å². The van der Waals surface area contributed by atoms with Crippen molar-refractivity contribution in [3.63, 3.8) is 0 Å². The molecular formula is C21H29NO6S. The molecule has 0 bridgehead atoms. The molecule has 1 aromatic rings. The van der Waals surface area contributed by atoms with Crippen molar-refractivity contribution in [1.82, 2.24) is 4.90 Å². The van der Waals surface area contributed by atoms with Crippen LogP contribution in [0.1, 0.15) is 44.7 Å². The van der Waals surface area contributed by atoms with E-state index in [0.717, 1.165) is 35.7 Å². The van der Waals surface area contributed by atoms with Crippen molar-refractivity contribution in [3.05, 3.63) is 23.3 Å². The average Bonchev–Trinajstić information content (AvgIpc) is 2.69. The van der Waals surface area contributed by atoms with Crippen molar-refractivity contribution in [1.29, 1.82) is 0 Å². The molecule has 1 aromatic carbocycles. The lowest BCUT2D eigenvalue weighted by atomic mass is 9.92. The Bertz CT molecular complexity index is 766. The zero-order chi connectivity index (χ0) is 21.6. The number of carbonyl (C=O) groups is 3. The van der Waals surface area contributed by atoms with E-state index < -0.39 is 17.9 Å². The van der Waals surface area contributed by atoms with Gasteiger partial charge in [-0.2, -0.15) is 0 Å². The first kappa shape index (κ1) is 23.1. The number of hydrogen-bond donors (Lipinski definition) is 1. The Labute approximate surface area is 175 Å². The van der Waals surface area contributed by atoms with Crippen molar-refractivity contribution >= 4 is 28.8 Å². The van der Waals surface area contributed by atoms with E-state index in [0.29, 0.717) is 23.9 Å². The molecule has 1 aliphatic heterocycles. The second kappa shape index (κ2) is 10.5. The first-order valence-corrected chi connectivity index (χ1v) is 10.8. The zero-order valence-corrected chi connectivity index (χ0v) is 18.2. The van der Waals surface area contributed by atoms with Gasteiger partial charge in [0.05, 0.1) is 13.7 Å². The molecule has 2 rings (SSSR count). The lowest BCUT2D eigenvalue weighted by Crippen LogP contribution is -2.50. The van der Waals surface area contributed by atoms with Crippen LogP contribution in [-0.2, 0) is 27.3 Å². The number of rotatable bonds is 9. The molecule has 1 aliphatic rings. The van der Waals surface area contributed by atoms with Crippen LogP contribution in [0.4, 0.5) is 0 Å². The summed E-state index contributed by atoms with van der Waals surface area (Å²) in [5, 5.41) is 9.63. The van der Waals surface area contributed by atoms with E-state index >= 15 is 0 Å². The Morgan fingerprint density at radius 2 is 1.97 bits per heavy atom. The summed E-state index contributed by atoms with van der Waals surface area (Å²) in [4.78, 5) is 37.4. The smallest absolute Gasteiger partial charge is 0.326 e. The summed E-state index contributed by atoms with van der Waals surface area (Å²) in [6.45, 7) is 6.00. The SMILES string of the molecule is CCCCOc1cc2c(cc1OC)CC(C(=O)O)N(C(=O)C(C)CSC(C)=O)C2. The Morgan fingerprint density at radius 3 is 2.55 bits per heavy atom. The maximum atomic E-state index is 12.9. The molecular weight excluding hydrogens is 394 g/mol. The Kier molecular flexibility index (Phi) is 8.37. The predicted molar refractivity (Wildman–Crippen MR) is 111 cm³/mol. The van der Waals surface area contributed by atoms with Gasteiger partial charge in [-0.05, 0) is 29.7 Å². The number of carbonyl (C=O) groups excluding carboxylic acids is 2. The van der Waals surface area contributed by atoms with Gasteiger partial charge in [0.25, 0.3) is 0 Å². The molecule has 1 amide bonds. The molecule has 1 heterocycles. The van der Waals surface area contributed by atoms with E-state index in [2.05, 4.69) is 6.92 Å². The van der Waals surface area contributed by atoms with Crippen LogP contribution in [0.5, 0.6) is 11.5 Å². The summed E-state index contributed by atoms with van der Waals surface area (Å²) in [6.07, 6.45) is 2.12. The highest BCUT2D eigenvalue weighted by atomic mass is 32.2. The highest BCUT2D eigenvalue weighted by Crippen LogP contribution is 2.35. The summed E-state index contributed by atoms with van der Waals surface area (Å²) in [6, 6.07) is 2.71. The minimum Gasteiger partial charge on any atom is -0.493 e. The number of carboxylic acids is 1. The number of methoxy groups -OCH3 is 1. The van der Waals surface area contributed by atoms with Gasteiger partial charge in [0.15, 0.2) is 16.6 Å². The zero-order valence-electron chi connectivity index (χ0n) is 17.4. The molecule has 7 nitrogen and oxygen atoms in total. The normalized spacial score (nSPS) is 16.7. The summed E-state index contributed by atoms with van der Waals surface area (Å²) in [5.41, 5.74) is 1.70. The number of ether oxygens (including phenoxy) is 2. The van der Waals surface area contributed by atoms with Gasteiger partial charge < -0.3 is 19.5 Å². The number of hydrogen-bond acceptors (Lipinski definition) is 6. The minimum absolute atomic E-state index is 0.0654. The first-order chi connectivity index (χ1) is 13.8. The quantitative estimate of drug-likeness (QED) is 0.610. The van der Waals surface area contributed by atoms with Gasteiger partial charge in [0.2, 0.25) is 5.91 Å². The van der Waals surface area contributed by atoms with E-state index in [-0.39, 0.29) is 24.0 Å². The maximum Gasteiger partial charge on any atom is 0.326 e. The summed E-state index contributed by atoms with van der Waals surface area (Å²) < 4.78 is 11.2. The molecule has 0 radical (unpaired) electrons. The number of carboxylic acid groups (broad SMARTS) is 1. The van der Waals surface area contributed by atoms with Crippen LogP contribution < -0.4 is 9.47 Å². The second-order valence-corrected chi connectivity index (χ2v) is 8.40.